The van der Waals surface area contributed by atoms with Gasteiger partial charge in [0.2, 0.25) is 11.8 Å². The number of amides is 2. The van der Waals surface area contributed by atoms with Crippen molar-refractivity contribution in [2.75, 3.05) is 19.4 Å². The Balaban J connectivity index is 1.85. The molecular formula is C31H38N2O3S. The molecule has 37 heavy (non-hydrogen) atoms. The van der Waals surface area contributed by atoms with E-state index in [-0.39, 0.29) is 11.8 Å². The Labute approximate surface area is 225 Å². The minimum absolute atomic E-state index is 0.0482. The fraction of sp³-hybridized carbons (Fsp3) is 0.355. The number of unbranched alkanes of at least 4 members (excludes halogenated alkanes) is 1. The van der Waals surface area contributed by atoms with E-state index < -0.39 is 6.04 Å². The molecule has 0 aliphatic rings. The molecule has 1 atom stereocenters. The maximum atomic E-state index is 13.7. The Morgan fingerprint density at radius 1 is 0.973 bits per heavy atom. The predicted octanol–water partition coefficient (Wildman–Crippen LogP) is 5.79. The fourth-order valence-electron chi connectivity index (χ4n) is 4.13. The van der Waals surface area contributed by atoms with Crippen LogP contribution in [0.3, 0.4) is 0 Å². The van der Waals surface area contributed by atoms with Gasteiger partial charge in [-0.1, -0.05) is 80.1 Å². The standard InChI is InChI=1S/C31H38N2O3S/c1-4-5-18-32-31(35)29(20-25-13-7-6-8-14-25)33(21-26-15-11-17-28(19-26)36-3)30(34)23-37-22-27-16-10-9-12-24(27)2/h6-17,19,29H,4-5,18,20-23H2,1-3H3,(H,32,35). The Morgan fingerprint density at radius 2 is 1.70 bits per heavy atom. The summed E-state index contributed by atoms with van der Waals surface area (Å²) >= 11 is 1.58. The maximum Gasteiger partial charge on any atom is 0.243 e. The van der Waals surface area contributed by atoms with Gasteiger partial charge in [0.05, 0.1) is 12.9 Å². The molecule has 0 aliphatic carbocycles. The number of hydrogen-bond acceptors (Lipinski definition) is 4. The second kappa shape index (κ2) is 15.1. The zero-order valence-electron chi connectivity index (χ0n) is 22.1. The van der Waals surface area contributed by atoms with Gasteiger partial charge in [-0.25, -0.2) is 0 Å². The molecule has 0 spiro atoms. The summed E-state index contributed by atoms with van der Waals surface area (Å²) in [4.78, 5) is 29.0. The van der Waals surface area contributed by atoms with Gasteiger partial charge in [0.25, 0.3) is 0 Å². The first kappa shape index (κ1) is 28.3. The fourth-order valence-corrected chi connectivity index (χ4v) is 5.12. The van der Waals surface area contributed by atoms with E-state index >= 15 is 0 Å². The third-order valence-electron chi connectivity index (χ3n) is 6.33. The molecule has 0 aromatic heterocycles. The molecule has 2 amide bonds. The van der Waals surface area contributed by atoms with Crippen molar-refractivity contribution in [3.63, 3.8) is 0 Å². The highest BCUT2D eigenvalue weighted by Crippen LogP contribution is 2.21. The maximum absolute atomic E-state index is 13.7. The lowest BCUT2D eigenvalue weighted by Gasteiger charge is -2.31. The first-order valence-corrected chi connectivity index (χ1v) is 14.0. The van der Waals surface area contributed by atoms with Crippen LogP contribution in [0.2, 0.25) is 0 Å². The summed E-state index contributed by atoms with van der Waals surface area (Å²) < 4.78 is 5.40. The summed E-state index contributed by atoms with van der Waals surface area (Å²) in [5, 5.41) is 3.07. The molecule has 6 heteroatoms. The van der Waals surface area contributed by atoms with E-state index in [1.165, 1.54) is 11.1 Å². The average Bonchev–Trinajstić information content (AvgIpc) is 2.92. The van der Waals surface area contributed by atoms with Gasteiger partial charge in [0, 0.05) is 25.3 Å². The lowest BCUT2D eigenvalue weighted by Crippen LogP contribution is -2.51. The van der Waals surface area contributed by atoms with Gasteiger partial charge in [-0.05, 0) is 47.7 Å². The molecule has 3 aromatic carbocycles. The van der Waals surface area contributed by atoms with Gasteiger partial charge >= 0.3 is 0 Å². The van der Waals surface area contributed by atoms with Crippen LogP contribution < -0.4 is 10.1 Å². The van der Waals surface area contributed by atoms with Crippen LogP contribution in [0, 0.1) is 6.92 Å². The van der Waals surface area contributed by atoms with Crippen LogP contribution >= 0.6 is 11.8 Å². The molecule has 196 valence electrons. The van der Waals surface area contributed by atoms with Gasteiger partial charge < -0.3 is 15.0 Å². The summed E-state index contributed by atoms with van der Waals surface area (Å²) in [5.74, 6) is 1.61. The van der Waals surface area contributed by atoms with Crippen molar-refractivity contribution in [1.29, 1.82) is 0 Å². The molecule has 1 N–H and O–H groups in total. The van der Waals surface area contributed by atoms with Crippen molar-refractivity contribution >= 4 is 23.6 Å². The van der Waals surface area contributed by atoms with E-state index in [2.05, 4.69) is 31.3 Å². The minimum Gasteiger partial charge on any atom is -0.497 e. The number of ether oxygens (including phenoxy) is 1. The Morgan fingerprint density at radius 3 is 2.43 bits per heavy atom. The molecule has 0 saturated heterocycles. The lowest BCUT2D eigenvalue weighted by atomic mass is 10.0. The van der Waals surface area contributed by atoms with Crippen LogP contribution in [-0.2, 0) is 28.3 Å². The number of methoxy groups -OCH3 is 1. The highest BCUT2D eigenvalue weighted by atomic mass is 32.2. The van der Waals surface area contributed by atoms with E-state index in [1.807, 2.05) is 66.7 Å². The zero-order chi connectivity index (χ0) is 26.5. The number of rotatable bonds is 14. The lowest BCUT2D eigenvalue weighted by molar-refractivity contribution is -0.139. The number of nitrogens with one attached hydrogen (secondary N) is 1. The summed E-state index contributed by atoms with van der Waals surface area (Å²) in [6.45, 7) is 5.12. The van der Waals surface area contributed by atoms with Crippen LogP contribution in [0.25, 0.3) is 0 Å². The number of carbonyl (C=O) groups is 2. The highest BCUT2D eigenvalue weighted by Gasteiger charge is 2.30. The molecule has 0 radical (unpaired) electrons. The molecule has 0 bridgehead atoms. The topological polar surface area (TPSA) is 58.6 Å². The van der Waals surface area contributed by atoms with Gasteiger partial charge in [-0.2, -0.15) is 0 Å². The van der Waals surface area contributed by atoms with Crippen molar-refractivity contribution in [2.24, 2.45) is 0 Å². The number of carbonyl (C=O) groups excluding carboxylic acids is 2. The molecule has 3 rings (SSSR count). The van der Waals surface area contributed by atoms with Crippen LogP contribution in [0.1, 0.15) is 42.0 Å². The predicted molar refractivity (Wildman–Crippen MR) is 153 cm³/mol. The van der Waals surface area contributed by atoms with Gasteiger partial charge in [-0.3, -0.25) is 9.59 Å². The van der Waals surface area contributed by atoms with E-state index in [0.29, 0.717) is 25.3 Å². The molecular weight excluding hydrogens is 480 g/mol. The Hall–Kier alpha value is -3.25. The first-order chi connectivity index (χ1) is 18.0. The van der Waals surface area contributed by atoms with E-state index in [9.17, 15) is 9.59 Å². The van der Waals surface area contributed by atoms with Crippen molar-refractivity contribution in [2.45, 2.75) is 51.4 Å². The van der Waals surface area contributed by atoms with Crippen molar-refractivity contribution in [3.8, 4) is 5.75 Å². The number of hydrogen-bond donors (Lipinski definition) is 1. The third-order valence-corrected chi connectivity index (χ3v) is 7.30. The van der Waals surface area contributed by atoms with Gasteiger partial charge in [0.15, 0.2) is 0 Å². The van der Waals surface area contributed by atoms with Crippen molar-refractivity contribution in [3.05, 3.63) is 101 Å². The second-order valence-corrected chi connectivity index (χ2v) is 10.1. The average molecular weight is 519 g/mol. The summed E-state index contributed by atoms with van der Waals surface area (Å²) in [6, 6.07) is 25.2. The van der Waals surface area contributed by atoms with Gasteiger partial charge in [-0.15, -0.1) is 11.8 Å². The Kier molecular flexibility index (Phi) is 11.6. The summed E-state index contributed by atoms with van der Waals surface area (Å²) in [5.41, 5.74) is 4.39. The highest BCUT2D eigenvalue weighted by molar-refractivity contribution is 7.99. The molecule has 0 fully saturated rings. The molecule has 5 nitrogen and oxygen atoms in total. The number of aryl methyl sites for hydroxylation is 1. The molecule has 1 unspecified atom stereocenters. The van der Waals surface area contributed by atoms with Crippen LogP contribution in [-0.4, -0.2) is 42.2 Å². The zero-order valence-corrected chi connectivity index (χ0v) is 22.9. The minimum atomic E-state index is -0.614. The monoisotopic (exact) mass is 518 g/mol. The van der Waals surface area contributed by atoms with Crippen LogP contribution in [0.4, 0.5) is 0 Å². The van der Waals surface area contributed by atoms with Crippen molar-refractivity contribution < 1.29 is 14.3 Å². The third kappa shape index (κ3) is 8.97. The summed E-state index contributed by atoms with van der Waals surface area (Å²) in [6.07, 6.45) is 2.35. The SMILES string of the molecule is CCCCNC(=O)C(Cc1ccccc1)N(Cc1cccc(OC)c1)C(=O)CSCc1ccccc1C. The molecule has 0 saturated carbocycles. The smallest absolute Gasteiger partial charge is 0.243 e. The quantitative estimate of drug-likeness (QED) is 0.274. The molecule has 3 aromatic rings. The number of benzene rings is 3. The van der Waals surface area contributed by atoms with E-state index in [4.69, 9.17) is 4.74 Å². The largest absolute Gasteiger partial charge is 0.497 e. The van der Waals surface area contributed by atoms with E-state index in [0.717, 1.165) is 35.5 Å². The van der Waals surface area contributed by atoms with Gasteiger partial charge in [0.1, 0.15) is 11.8 Å². The van der Waals surface area contributed by atoms with Crippen LogP contribution in [0.15, 0.2) is 78.9 Å². The second-order valence-electron chi connectivity index (χ2n) is 9.14. The first-order valence-electron chi connectivity index (χ1n) is 12.9. The molecule has 0 heterocycles. The summed E-state index contributed by atoms with van der Waals surface area (Å²) in [7, 11) is 1.63. The van der Waals surface area contributed by atoms with Crippen molar-refractivity contribution in [1.82, 2.24) is 10.2 Å². The number of nitrogens with zero attached hydrogens (tertiary/aromatic N) is 1. The van der Waals surface area contributed by atoms with E-state index in [1.54, 1.807) is 23.8 Å². The normalized spacial score (nSPS) is 11.5. The Bertz CT molecular complexity index is 1140. The molecule has 0 aliphatic heterocycles. The number of thioether (sulfide) groups is 1. The van der Waals surface area contributed by atoms with Crippen LogP contribution in [0.5, 0.6) is 5.75 Å².